The lowest BCUT2D eigenvalue weighted by molar-refractivity contribution is 0.101. The van der Waals surface area contributed by atoms with Crippen LogP contribution in [0.3, 0.4) is 0 Å². The SMILES string of the molecule is COc1ccc(NC(=O)c2cc(Cl)cc(Cl)c2)cc1NC(=O)c1cc(Cl)cc(Cl)c1. The minimum atomic E-state index is -0.442. The highest BCUT2D eigenvalue weighted by Crippen LogP contribution is 2.29. The largest absolute Gasteiger partial charge is 0.495 e. The topological polar surface area (TPSA) is 67.4 Å². The molecule has 0 aromatic heterocycles. The van der Waals surface area contributed by atoms with Gasteiger partial charge >= 0.3 is 0 Å². The number of benzene rings is 3. The van der Waals surface area contributed by atoms with E-state index in [0.717, 1.165) is 0 Å². The van der Waals surface area contributed by atoms with E-state index in [1.54, 1.807) is 18.2 Å². The summed E-state index contributed by atoms with van der Waals surface area (Å²) in [5, 5.41) is 6.81. The lowest BCUT2D eigenvalue weighted by Gasteiger charge is -2.13. The Morgan fingerprint density at radius 1 is 0.700 bits per heavy atom. The van der Waals surface area contributed by atoms with Gasteiger partial charge in [-0.15, -0.1) is 0 Å². The molecule has 0 radical (unpaired) electrons. The number of hydrogen-bond donors (Lipinski definition) is 2. The molecule has 3 rings (SSSR count). The average molecular weight is 484 g/mol. The van der Waals surface area contributed by atoms with Crippen LogP contribution in [0.15, 0.2) is 54.6 Å². The molecule has 30 heavy (non-hydrogen) atoms. The zero-order valence-electron chi connectivity index (χ0n) is 15.4. The smallest absolute Gasteiger partial charge is 0.255 e. The van der Waals surface area contributed by atoms with Gasteiger partial charge in [-0.1, -0.05) is 46.4 Å². The fourth-order valence-electron chi connectivity index (χ4n) is 2.65. The van der Waals surface area contributed by atoms with Crippen molar-refractivity contribution in [3.8, 4) is 5.75 Å². The Labute approximate surface area is 192 Å². The van der Waals surface area contributed by atoms with E-state index in [0.29, 0.717) is 42.8 Å². The number of carbonyl (C=O) groups is 2. The standard InChI is InChI=1S/C21H14Cl4N2O3/c1-30-19-3-2-17(26-20(28)11-4-13(22)8-14(23)5-11)10-18(19)27-21(29)12-6-15(24)9-16(25)7-12/h2-10H,1H3,(H,26,28)(H,27,29). The number of methoxy groups -OCH3 is 1. The van der Waals surface area contributed by atoms with Crippen molar-refractivity contribution in [2.45, 2.75) is 0 Å². The quantitative estimate of drug-likeness (QED) is 0.418. The van der Waals surface area contributed by atoms with Crippen molar-refractivity contribution < 1.29 is 14.3 Å². The number of ether oxygens (including phenoxy) is 1. The van der Waals surface area contributed by atoms with Crippen molar-refractivity contribution in [3.05, 3.63) is 85.8 Å². The van der Waals surface area contributed by atoms with Crippen molar-refractivity contribution in [3.63, 3.8) is 0 Å². The maximum Gasteiger partial charge on any atom is 0.255 e. The molecule has 2 amide bonds. The molecule has 0 aliphatic rings. The number of hydrogen-bond acceptors (Lipinski definition) is 3. The molecular weight excluding hydrogens is 470 g/mol. The molecule has 0 atom stereocenters. The molecule has 0 unspecified atom stereocenters. The molecule has 2 N–H and O–H groups in total. The Bertz CT molecular complexity index is 1090. The Kier molecular flexibility index (Phi) is 7.10. The van der Waals surface area contributed by atoms with Crippen molar-refractivity contribution in [1.29, 1.82) is 0 Å². The normalized spacial score (nSPS) is 10.4. The van der Waals surface area contributed by atoms with Gasteiger partial charge in [0.25, 0.3) is 11.8 Å². The lowest BCUT2D eigenvalue weighted by Crippen LogP contribution is -2.15. The first-order valence-corrected chi connectivity index (χ1v) is 9.99. The van der Waals surface area contributed by atoms with Crippen LogP contribution in [-0.2, 0) is 0 Å². The number of anilines is 2. The first-order valence-electron chi connectivity index (χ1n) is 8.48. The maximum absolute atomic E-state index is 12.6. The maximum atomic E-state index is 12.6. The fourth-order valence-corrected chi connectivity index (χ4v) is 3.70. The van der Waals surface area contributed by atoms with Crippen molar-refractivity contribution in [2.75, 3.05) is 17.7 Å². The molecule has 0 saturated heterocycles. The number of rotatable bonds is 5. The minimum Gasteiger partial charge on any atom is -0.495 e. The molecule has 0 saturated carbocycles. The number of carbonyl (C=O) groups excluding carboxylic acids is 2. The fraction of sp³-hybridized carbons (Fsp3) is 0.0476. The van der Waals surface area contributed by atoms with Crippen LogP contribution in [-0.4, -0.2) is 18.9 Å². The van der Waals surface area contributed by atoms with Gasteiger partial charge in [-0.2, -0.15) is 0 Å². The summed E-state index contributed by atoms with van der Waals surface area (Å²) in [6.45, 7) is 0. The second-order valence-corrected chi connectivity index (χ2v) is 7.89. The molecule has 3 aromatic rings. The Hall–Kier alpha value is -2.44. The van der Waals surface area contributed by atoms with Gasteiger partial charge in [-0.25, -0.2) is 0 Å². The predicted molar refractivity (Wildman–Crippen MR) is 122 cm³/mol. The molecule has 0 aliphatic carbocycles. The lowest BCUT2D eigenvalue weighted by atomic mass is 10.2. The van der Waals surface area contributed by atoms with Gasteiger partial charge in [-0.05, 0) is 54.6 Å². The van der Waals surface area contributed by atoms with E-state index in [4.69, 9.17) is 51.1 Å². The Morgan fingerprint density at radius 2 is 1.17 bits per heavy atom. The number of nitrogens with one attached hydrogen (secondary N) is 2. The summed E-state index contributed by atoms with van der Waals surface area (Å²) >= 11 is 23.8. The Balaban J connectivity index is 1.84. The van der Waals surface area contributed by atoms with Crippen molar-refractivity contribution in [1.82, 2.24) is 0 Å². The van der Waals surface area contributed by atoms with Crippen LogP contribution in [0.2, 0.25) is 20.1 Å². The summed E-state index contributed by atoms with van der Waals surface area (Å²) in [5.41, 5.74) is 1.34. The molecule has 0 spiro atoms. The second kappa shape index (κ2) is 9.58. The van der Waals surface area contributed by atoms with Crippen LogP contribution in [0.1, 0.15) is 20.7 Å². The van der Waals surface area contributed by atoms with Crippen LogP contribution in [0.4, 0.5) is 11.4 Å². The van der Waals surface area contributed by atoms with Crippen molar-refractivity contribution >= 4 is 69.6 Å². The Morgan fingerprint density at radius 3 is 1.63 bits per heavy atom. The minimum absolute atomic E-state index is 0.276. The molecule has 0 bridgehead atoms. The van der Waals surface area contributed by atoms with Gasteiger partial charge in [0.15, 0.2) is 0 Å². The monoisotopic (exact) mass is 482 g/mol. The summed E-state index contributed by atoms with van der Waals surface area (Å²) in [6.07, 6.45) is 0. The molecule has 9 heteroatoms. The van der Waals surface area contributed by atoms with Gasteiger partial charge in [-0.3, -0.25) is 9.59 Å². The first-order chi connectivity index (χ1) is 14.2. The highest BCUT2D eigenvalue weighted by atomic mass is 35.5. The zero-order chi connectivity index (χ0) is 21.8. The van der Waals surface area contributed by atoms with Gasteiger partial charge in [0.2, 0.25) is 0 Å². The summed E-state index contributed by atoms with van der Waals surface area (Å²) in [6, 6.07) is 13.8. The molecule has 0 heterocycles. The second-order valence-electron chi connectivity index (χ2n) is 6.14. The third-order valence-electron chi connectivity index (χ3n) is 3.96. The molecule has 3 aromatic carbocycles. The van der Waals surface area contributed by atoms with E-state index < -0.39 is 11.8 Å². The van der Waals surface area contributed by atoms with E-state index in [2.05, 4.69) is 10.6 Å². The van der Waals surface area contributed by atoms with E-state index in [-0.39, 0.29) is 5.56 Å². The van der Waals surface area contributed by atoms with E-state index in [1.807, 2.05) is 0 Å². The molecular formula is C21H14Cl4N2O3. The summed E-state index contributed by atoms with van der Waals surface area (Å²) < 4.78 is 5.29. The van der Waals surface area contributed by atoms with Crippen LogP contribution in [0.5, 0.6) is 5.75 Å². The third-order valence-corrected chi connectivity index (χ3v) is 4.83. The predicted octanol–water partition coefficient (Wildman–Crippen LogP) is 6.81. The zero-order valence-corrected chi connectivity index (χ0v) is 18.5. The number of amides is 2. The van der Waals surface area contributed by atoms with Crippen LogP contribution in [0.25, 0.3) is 0 Å². The van der Waals surface area contributed by atoms with Crippen LogP contribution >= 0.6 is 46.4 Å². The molecule has 0 fully saturated rings. The van der Waals surface area contributed by atoms with E-state index >= 15 is 0 Å². The highest BCUT2D eigenvalue weighted by molar-refractivity contribution is 6.36. The van der Waals surface area contributed by atoms with Gasteiger partial charge in [0.05, 0.1) is 12.8 Å². The van der Waals surface area contributed by atoms with E-state index in [1.165, 1.54) is 43.5 Å². The summed E-state index contributed by atoms with van der Waals surface area (Å²) in [7, 11) is 1.47. The molecule has 0 aliphatic heterocycles. The van der Waals surface area contributed by atoms with Crippen LogP contribution < -0.4 is 15.4 Å². The highest BCUT2D eigenvalue weighted by Gasteiger charge is 2.14. The third kappa shape index (κ3) is 5.58. The van der Waals surface area contributed by atoms with Gasteiger partial charge in [0.1, 0.15) is 5.75 Å². The average Bonchev–Trinajstić information content (AvgIpc) is 2.66. The van der Waals surface area contributed by atoms with Crippen LogP contribution in [0, 0.1) is 0 Å². The molecule has 5 nitrogen and oxygen atoms in total. The number of halogens is 4. The van der Waals surface area contributed by atoms with Gasteiger partial charge < -0.3 is 15.4 Å². The van der Waals surface area contributed by atoms with Crippen molar-refractivity contribution in [2.24, 2.45) is 0 Å². The first kappa shape index (κ1) is 22.2. The summed E-state index contributed by atoms with van der Waals surface area (Å²) in [5.74, 6) is -0.452. The summed E-state index contributed by atoms with van der Waals surface area (Å²) in [4.78, 5) is 25.1. The van der Waals surface area contributed by atoms with E-state index in [9.17, 15) is 9.59 Å². The van der Waals surface area contributed by atoms with Gasteiger partial charge in [0, 0.05) is 36.9 Å². The molecule has 154 valence electrons.